The number of carbonyl (C=O) groups excluding carboxylic acids is 1. The number of amides is 1. The van der Waals surface area contributed by atoms with Crippen LogP contribution in [0.2, 0.25) is 0 Å². The van der Waals surface area contributed by atoms with Crippen LogP contribution in [0.4, 0.5) is 9.52 Å². The van der Waals surface area contributed by atoms with Crippen molar-refractivity contribution in [2.45, 2.75) is 12.8 Å². The molecule has 26 heavy (non-hydrogen) atoms. The van der Waals surface area contributed by atoms with E-state index in [1.807, 2.05) is 10.3 Å². The van der Waals surface area contributed by atoms with Crippen molar-refractivity contribution >= 4 is 22.4 Å². The second-order valence-electron chi connectivity index (χ2n) is 6.87. The molecule has 2 aromatic rings. The lowest BCUT2D eigenvalue weighted by molar-refractivity contribution is -0.132. The SMILES string of the molecule is O=C(CN1CCCC1)N1CCN(c2nc(-c3ccc(F)cc3)cs2)CC1. The topological polar surface area (TPSA) is 39.7 Å². The van der Waals surface area contributed by atoms with Crippen LogP contribution in [0.5, 0.6) is 0 Å². The number of hydrogen-bond donors (Lipinski definition) is 0. The van der Waals surface area contributed by atoms with E-state index in [9.17, 15) is 9.18 Å². The number of piperazine rings is 1. The van der Waals surface area contributed by atoms with Crippen molar-refractivity contribution in [2.75, 3.05) is 50.7 Å². The van der Waals surface area contributed by atoms with E-state index in [1.165, 1.54) is 25.0 Å². The smallest absolute Gasteiger partial charge is 0.236 e. The zero-order valence-corrected chi connectivity index (χ0v) is 15.6. The fraction of sp³-hybridized carbons (Fsp3) is 0.474. The van der Waals surface area contributed by atoms with Crippen molar-refractivity contribution in [3.05, 3.63) is 35.5 Å². The van der Waals surface area contributed by atoms with Crippen LogP contribution >= 0.6 is 11.3 Å². The van der Waals surface area contributed by atoms with Gasteiger partial charge in [-0.2, -0.15) is 0 Å². The zero-order valence-electron chi connectivity index (χ0n) is 14.7. The summed E-state index contributed by atoms with van der Waals surface area (Å²) in [5, 5.41) is 2.98. The van der Waals surface area contributed by atoms with Gasteiger partial charge in [0.25, 0.3) is 0 Å². The summed E-state index contributed by atoms with van der Waals surface area (Å²) < 4.78 is 13.1. The van der Waals surface area contributed by atoms with Crippen molar-refractivity contribution in [1.29, 1.82) is 0 Å². The minimum atomic E-state index is -0.237. The maximum Gasteiger partial charge on any atom is 0.236 e. The van der Waals surface area contributed by atoms with Crippen molar-refractivity contribution in [3.8, 4) is 11.3 Å². The first kappa shape index (κ1) is 17.4. The lowest BCUT2D eigenvalue weighted by Crippen LogP contribution is -2.51. The predicted octanol–water partition coefficient (Wildman–Crippen LogP) is 2.69. The highest BCUT2D eigenvalue weighted by Gasteiger charge is 2.25. The summed E-state index contributed by atoms with van der Waals surface area (Å²) in [5.41, 5.74) is 1.80. The van der Waals surface area contributed by atoms with E-state index in [2.05, 4.69) is 9.80 Å². The summed E-state index contributed by atoms with van der Waals surface area (Å²) in [6.07, 6.45) is 2.42. The quantitative estimate of drug-likeness (QED) is 0.825. The van der Waals surface area contributed by atoms with Gasteiger partial charge >= 0.3 is 0 Å². The molecule has 0 bridgehead atoms. The Morgan fingerprint density at radius 3 is 2.42 bits per heavy atom. The normalized spacial score (nSPS) is 18.5. The van der Waals surface area contributed by atoms with E-state index in [-0.39, 0.29) is 11.7 Å². The number of aromatic nitrogens is 1. The first-order valence-corrected chi connectivity index (χ1v) is 10.0. The third-order valence-corrected chi connectivity index (χ3v) is 5.99. The zero-order chi connectivity index (χ0) is 17.9. The maximum absolute atomic E-state index is 13.1. The first-order chi connectivity index (χ1) is 12.7. The number of nitrogens with zero attached hydrogens (tertiary/aromatic N) is 4. The van der Waals surface area contributed by atoms with E-state index in [0.29, 0.717) is 6.54 Å². The van der Waals surface area contributed by atoms with Gasteiger partial charge in [-0.1, -0.05) is 0 Å². The molecular weight excluding hydrogens is 351 g/mol. The molecule has 2 aliphatic heterocycles. The molecule has 0 N–H and O–H groups in total. The van der Waals surface area contributed by atoms with E-state index < -0.39 is 0 Å². The Hall–Kier alpha value is -1.99. The number of benzene rings is 1. The summed E-state index contributed by atoms with van der Waals surface area (Å²) in [7, 11) is 0. The molecule has 1 aromatic carbocycles. The third kappa shape index (κ3) is 3.88. The minimum absolute atomic E-state index is 0.237. The maximum atomic E-state index is 13.1. The van der Waals surface area contributed by atoms with Gasteiger partial charge in [0.1, 0.15) is 5.82 Å². The van der Waals surface area contributed by atoms with Gasteiger partial charge in [-0.15, -0.1) is 11.3 Å². The second-order valence-corrected chi connectivity index (χ2v) is 7.71. The molecule has 1 amide bonds. The van der Waals surface area contributed by atoms with E-state index in [4.69, 9.17) is 4.98 Å². The lowest BCUT2D eigenvalue weighted by atomic mass is 10.2. The molecule has 0 unspecified atom stereocenters. The van der Waals surface area contributed by atoms with Crippen LogP contribution in [0.3, 0.4) is 0 Å². The number of likely N-dealkylation sites (tertiary alicyclic amines) is 1. The Morgan fingerprint density at radius 1 is 1.04 bits per heavy atom. The van der Waals surface area contributed by atoms with Crippen LogP contribution in [0, 0.1) is 5.82 Å². The Morgan fingerprint density at radius 2 is 1.73 bits per heavy atom. The fourth-order valence-corrected chi connectivity index (χ4v) is 4.43. The molecule has 2 saturated heterocycles. The fourth-order valence-electron chi connectivity index (χ4n) is 3.54. The summed E-state index contributed by atoms with van der Waals surface area (Å²) in [6.45, 7) is 5.78. The van der Waals surface area contributed by atoms with Crippen molar-refractivity contribution in [3.63, 3.8) is 0 Å². The Kier molecular flexibility index (Phi) is 5.17. The molecule has 1 aromatic heterocycles. The molecule has 0 radical (unpaired) electrons. The summed E-state index contributed by atoms with van der Waals surface area (Å²) in [6, 6.07) is 6.42. The summed E-state index contributed by atoms with van der Waals surface area (Å²) in [4.78, 5) is 23.6. The highest BCUT2D eigenvalue weighted by Crippen LogP contribution is 2.28. The van der Waals surface area contributed by atoms with E-state index in [1.54, 1.807) is 23.5 Å². The second kappa shape index (κ2) is 7.72. The van der Waals surface area contributed by atoms with Crippen LogP contribution in [0.25, 0.3) is 11.3 Å². The molecule has 2 aliphatic rings. The molecule has 0 aliphatic carbocycles. The Balaban J connectivity index is 1.33. The molecule has 3 heterocycles. The highest BCUT2D eigenvalue weighted by atomic mass is 32.1. The van der Waals surface area contributed by atoms with Gasteiger partial charge in [-0.05, 0) is 50.2 Å². The monoisotopic (exact) mass is 374 g/mol. The van der Waals surface area contributed by atoms with Gasteiger partial charge < -0.3 is 9.80 Å². The van der Waals surface area contributed by atoms with E-state index >= 15 is 0 Å². The molecule has 0 atom stereocenters. The molecule has 0 saturated carbocycles. The molecular formula is C19H23FN4OS. The Labute approximate surface area is 157 Å². The van der Waals surface area contributed by atoms with Gasteiger partial charge in [0.15, 0.2) is 5.13 Å². The standard InChI is InChI=1S/C19H23FN4OS/c20-16-5-3-15(4-6-16)17-14-26-19(21-17)24-11-9-23(10-12-24)18(25)13-22-7-1-2-8-22/h3-6,14H,1-2,7-13H2. The van der Waals surface area contributed by atoms with E-state index in [0.717, 1.165) is 55.7 Å². The van der Waals surface area contributed by atoms with Gasteiger partial charge in [0.2, 0.25) is 5.91 Å². The molecule has 2 fully saturated rings. The summed E-state index contributed by atoms with van der Waals surface area (Å²) in [5.74, 6) is 0.0108. The highest BCUT2D eigenvalue weighted by molar-refractivity contribution is 7.14. The van der Waals surface area contributed by atoms with Crippen molar-refractivity contribution in [1.82, 2.24) is 14.8 Å². The average Bonchev–Trinajstić information content (AvgIpc) is 3.34. The van der Waals surface area contributed by atoms with Crippen LogP contribution in [0.1, 0.15) is 12.8 Å². The minimum Gasteiger partial charge on any atom is -0.345 e. The number of carbonyl (C=O) groups is 1. The largest absolute Gasteiger partial charge is 0.345 e. The molecule has 5 nitrogen and oxygen atoms in total. The molecule has 138 valence electrons. The average molecular weight is 374 g/mol. The molecule has 0 spiro atoms. The number of hydrogen-bond acceptors (Lipinski definition) is 5. The number of anilines is 1. The molecule has 7 heteroatoms. The lowest BCUT2D eigenvalue weighted by Gasteiger charge is -2.35. The van der Waals surface area contributed by atoms with Gasteiger partial charge in [0, 0.05) is 37.1 Å². The first-order valence-electron chi connectivity index (χ1n) is 9.15. The predicted molar refractivity (Wildman–Crippen MR) is 102 cm³/mol. The van der Waals surface area contributed by atoms with Crippen molar-refractivity contribution in [2.24, 2.45) is 0 Å². The van der Waals surface area contributed by atoms with Crippen LogP contribution in [-0.2, 0) is 4.79 Å². The van der Waals surface area contributed by atoms with Crippen LogP contribution in [-0.4, -0.2) is 66.5 Å². The van der Waals surface area contributed by atoms with Gasteiger partial charge in [-0.3, -0.25) is 9.69 Å². The van der Waals surface area contributed by atoms with Gasteiger partial charge in [-0.25, -0.2) is 9.37 Å². The summed E-state index contributed by atoms with van der Waals surface area (Å²) >= 11 is 1.60. The number of rotatable bonds is 4. The van der Waals surface area contributed by atoms with Crippen molar-refractivity contribution < 1.29 is 9.18 Å². The van der Waals surface area contributed by atoms with Crippen LogP contribution < -0.4 is 4.90 Å². The molecule has 4 rings (SSSR count). The third-order valence-electron chi connectivity index (χ3n) is 5.09. The number of thiazole rings is 1. The van der Waals surface area contributed by atoms with Crippen LogP contribution in [0.15, 0.2) is 29.6 Å². The van der Waals surface area contributed by atoms with Gasteiger partial charge in [0.05, 0.1) is 12.2 Å². The Bertz CT molecular complexity index is 749. The number of halogens is 1.